The molecule has 0 saturated carbocycles. The lowest BCUT2D eigenvalue weighted by Gasteiger charge is -2.15. The van der Waals surface area contributed by atoms with E-state index in [0.717, 1.165) is 0 Å². The SMILES string of the molecule is NNc1ccc(Cl)c(C(=O)NCC(F)(F)C(F)F)n1. The second kappa shape index (κ2) is 6.02. The van der Waals surface area contributed by atoms with E-state index in [1.807, 2.05) is 0 Å². The molecular formula is C9H9ClF4N4O. The molecule has 19 heavy (non-hydrogen) atoms. The van der Waals surface area contributed by atoms with Gasteiger partial charge >= 0.3 is 12.3 Å². The maximum atomic E-state index is 12.6. The highest BCUT2D eigenvalue weighted by molar-refractivity contribution is 6.33. The van der Waals surface area contributed by atoms with Crippen LogP contribution in [0.15, 0.2) is 12.1 Å². The minimum atomic E-state index is -4.33. The van der Waals surface area contributed by atoms with Crippen molar-refractivity contribution in [2.24, 2.45) is 5.84 Å². The van der Waals surface area contributed by atoms with Crippen LogP contribution in [0.4, 0.5) is 23.4 Å². The van der Waals surface area contributed by atoms with Gasteiger partial charge in [-0.2, -0.15) is 8.78 Å². The number of hydrazine groups is 1. The number of carbonyl (C=O) groups excluding carboxylic acids is 1. The standard InChI is InChI=1S/C9H9ClF4N4O/c10-4-1-2-5(18-15)17-6(4)7(19)16-3-9(13,14)8(11)12/h1-2,8H,3,15H2,(H,16,19)(H,17,18). The van der Waals surface area contributed by atoms with Crippen LogP contribution in [0.2, 0.25) is 5.02 Å². The maximum absolute atomic E-state index is 12.6. The Labute approximate surface area is 110 Å². The molecule has 0 aliphatic carbocycles. The first-order valence-electron chi connectivity index (χ1n) is 4.85. The number of pyridine rings is 1. The molecule has 1 heterocycles. The van der Waals surface area contributed by atoms with E-state index in [1.165, 1.54) is 12.1 Å². The third kappa shape index (κ3) is 3.93. The predicted octanol–water partition coefficient (Wildman–Crippen LogP) is 1.65. The van der Waals surface area contributed by atoms with E-state index >= 15 is 0 Å². The number of nitrogen functional groups attached to an aromatic ring is 1. The van der Waals surface area contributed by atoms with E-state index in [1.54, 1.807) is 5.32 Å². The Kier molecular flexibility index (Phi) is 4.90. The van der Waals surface area contributed by atoms with Crippen LogP contribution in [-0.2, 0) is 0 Å². The molecular weight excluding hydrogens is 292 g/mol. The van der Waals surface area contributed by atoms with E-state index in [-0.39, 0.29) is 10.8 Å². The second-order valence-electron chi connectivity index (χ2n) is 3.42. The number of nitrogens with zero attached hydrogens (tertiary/aromatic N) is 1. The molecule has 0 aromatic carbocycles. The van der Waals surface area contributed by atoms with Crippen LogP contribution in [0.25, 0.3) is 0 Å². The number of halogens is 5. The molecule has 0 aliphatic heterocycles. The molecule has 0 fully saturated rings. The van der Waals surface area contributed by atoms with Gasteiger partial charge in [0.2, 0.25) is 0 Å². The van der Waals surface area contributed by atoms with Crippen molar-refractivity contribution in [2.75, 3.05) is 12.0 Å². The Bertz CT molecular complexity index is 472. The number of nitrogens with one attached hydrogen (secondary N) is 2. The van der Waals surface area contributed by atoms with Gasteiger partial charge in [-0.25, -0.2) is 19.6 Å². The molecule has 1 aromatic rings. The minimum absolute atomic E-state index is 0.0650. The number of carbonyl (C=O) groups is 1. The molecule has 1 amide bonds. The van der Waals surface area contributed by atoms with Crippen LogP contribution in [0.1, 0.15) is 10.5 Å². The number of aromatic nitrogens is 1. The fraction of sp³-hybridized carbons (Fsp3) is 0.333. The topological polar surface area (TPSA) is 80.0 Å². The minimum Gasteiger partial charge on any atom is -0.344 e. The van der Waals surface area contributed by atoms with Gasteiger partial charge in [0.25, 0.3) is 5.91 Å². The Balaban J connectivity index is 2.79. The normalized spacial score (nSPS) is 11.5. The Morgan fingerprint density at radius 1 is 1.47 bits per heavy atom. The molecule has 0 spiro atoms. The lowest BCUT2D eigenvalue weighted by Crippen LogP contribution is -2.41. The van der Waals surface area contributed by atoms with Gasteiger partial charge in [0.05, 0.1) is 11.6 Å². The lowest BCUT2D eigenvalue weighted by molar-refractivity contribution is -0.123. The largest absolute Gasteiger partial charge is 0.344 e. The van der Waals surface area contributed by atoms with Crippen molar-refractivity contribution in [1.82, 2.24) is 10.3 Å². The summed E-state index contributed by atoms with van der Waals surface area (Å²) in [4.78, 5) is 15.1. The highest BCUT2D eigenvalue weighted by Gasteiger charge is 2.41. The second-order valence-corrected chi connectivity index (χ2v) is 3.82. The van der Waals surface area contributed by atoms with Crippen LogP contribution in [0.3, 0.4) is 0 Å². The number of alkyl halides is 4. The zero-order valence-electron chi connectivity index (χ0n) is 9.26. The molecule has 0 aliphatic rings. The summed E-state index contributed by atoms with van der Waals surface area (Å²) >= 11 is 5.63. The summed E-state index contributed by atoms with van der Waals surface area (Å²) in [6, 6.07) is 2.59. The van der Waals surface area contributed by atoms with Crippen molar-refractivity contribution < 1.29 is 22.4 Å². The first-order chi connectivity index (χ1) is 8.77. The summed E-state index contributed by atoms with van der Waals surface area (Å²) in [6.45, 7) is -1.53. The van der Waals surface area contributed by atoms with Crippen molar-refractivity contribution >= 4 is 23.3 Å². The molecule has 106 valence electrons. The van der Waals surface area contributed by atoms with Gasteiger partial charge in [-0.1, -0.05) is 11.6 Å². The Morgan fingerprint density at radius 2 is 2.11 bits per heavy atom. The van der Waals surface area contributed by atoms with Gasteiger partial charge in [-0.05, 0) is 12.1 Å². The number of nitrogens with two attached hydrogens (primary N) is 1. The zero-order chi connectivity index (χ0) is 14.6. The van der Waals surface area contributed by atoms with Gasteiger partial charge in [0.1, 0.15) is 11.5 Å². The van der Waals surface area contributed by atoms with E-state index < -0.39 is 30.5 Å². The van der Waals surface area contributed by atoms with E-state index in [2.05, 4.69) is 10.4 Å². The summed E-state index contributed by atoms with van der Waals surface area (Å²) in [5.41, 5.74) is 1.72. The van der Waals surface area contributed by atoms with Crippen LogP contribution in [-0.4, -0.2) is 29.8 Å². The number of anilines is 1. The van der Waals surface area contributed by atoms with Crippen LogP contribution in [0.5, 0.6) is 0 Å². The molecule has 0 atom stereocenters. The summed E-state index contributed by atoms with van der Waals surface area (Å²) < 4.78 is 49.0. The molecule has 5 nitrogen and oxygen atoms in total. The maximum Gasteiger partial charge on any atom is 0.324 e. The van der Waals surface area contributed by atoms with Gasteiger partial charge in [0.15, 0.2) is 0 Å². The summed E-state index contributed by atoms with van der Waals surface area (Å²) in [5.74, 6) is -0.326. The molecule has 1 rings (SSSR count). The average Bonchev–Trinajstić information content (AvgIpc) is 2.36. The van der Waals surface area contributed by atoms with Crippen molar-refractivity contribution in [3.05, 3.63) is 22.8 Å². The van der Waals surface area contributed by atoms with Gasteiger partial charge < -0.3 is 10.7 Å². The predicted molar refractivity (Wildman–Crippen MR) is 60.3 cm³/mol. The Morgan fingerprint density at radius 3 is 2.63 bits per heavy atom. The Hall–Kier alpha value is -1.61. The smallest absolute Gasteiger partial charge is 0.324 e. The third-order valence-electron chi connectivity index (χ3n) is 2.01. The average molecular weight is 301 g/mol. The number of amides is 1. The molecule has 0 saturated heterocycles. The zero-order valence-corrected chi connectivity index (χ0v) is 10.0. The van der Waals surface area contributed by atoms with Crippen LogP contribution in [0, 0.1) is 0 Å². The summed E-state index contributed by atoms with van der Waals surface area (Å²) in [5, 5.41) is 1.50. The summed E-state index contributed by atoms with van der Waals surface area (Å²) in [6.07, 6.45) is -3.88. The highest BCUT2D eigenvalue weighted by atomic mass is 35.5. The molecule has 10 heteroatoms. The van der Waals surface area contributed by atoms with Crippen molar-refractivity contribution in [3.63, 3.8) is 0 Å². The number of hydrogen-bond donors (Lipinski definition) is 3. The third-order valence-corrected chi connectivity index (χ3v) is 2.32. The highest BCUT2D eigenvalue weighted by Crippen LogP contribution is 2.22. The summed E-state index contributed by atoms with van der Waals surface area (Å²) in [7, 11) is 0. The number of hydrogen-bond acceptors (Lipinski definition) is 4. The van der Waals surface area contributed by atoms with Gasteiger partial charge in [0, 0.05) is 0 Å². The molecule has 0 unspecified atom stereocenters. The van der Waals surface area contributed by atoms with Crippen molar-refractivity contribution in [2.45, 2.75) is 12.3 Å². The van der Waals surface area contributed by atoms with E-state index in [4.69, 9.17) is 17.4 Å². The van der Waals surface area contributed by atoms with Gasteiger partial charge in [-0.15, -0.1) is 0 Å². The first-order valence-corrected chi connectivity index (χ1v) is 5.23. The van der Waals surface area contributed by atoms with E-state index in [9.17, 15) is 22.4 Å². The first kappa shape index (κ1) is 15.4. The van der Waals surface area contributed by atoms with Crippen LogP contribution >= 0.6 is 11.6 Å². The monoisotopic (exact) mass is 300 g/mol. The van der Waals surface area contributed by atoms with Gasteiger partial charge in [-0.3, -0.25) is 4.79 Å². The number of rotatable bonds is 5. The molecule has 1 aromatic heterocycles. The van der Waals surface area contributed by atoms with Crippen molar-refractivity contribution in [3.8, 4) is 0 Å². The fourth-order valence-electron chi connectivity index (χ4n) is 1.04. The van der Waals surface area contributed by atoms with Crippen LogP contribution < -0.4 is 16.6 Å². The lowest BCUT2D eigenvalue weighted by atomic mass is 10.3. The van der Waals surface area contributed by atoms with Crippen molar-refractivity contribution in [1.29, 1.82) is 0 Å². The fourth-order valence-corrected chi connectivity index (χ4v) is 1.23. The molecule has 4 N–H and O–H groups in total. The quantitative estimate of drug-likeness (QED) is 0.439. The molecule has 0 radical (unpaired) electrons. The molecule has 0 bridgehead atoms. The van der Waals surface area contributed by atoms with E-state index in [0.29, 0.717) is 0 Å².